The van der Waals surface area contributed by atoms with Crippen LogP contribution in [0.15, 0.2) is 58.9 Å². The van der Waals surface area contributed by atoms with E-state index in [0.717, 1.165) is 5.56 Å². The van der Waals surface area contributed by atoms with Gasteiger partial charge in [-0.1, -0.05) is 53.4 Å². The summed E-state index contributed by atoms with van der Waals surface area (Å²) in [6.45, 7) is 0. The van der Waals surface area contributed by atoms with Gasteiger partial charge >= 0.3 is 0 Å². The van der Waals surface area contributed by atoms with E-state index in [-0.39, 0.29) is 23.3 Å². The minimum atomic E-state index is -0.505. The van der Waals surface area contributed by atoms with Gasteiger partial charge in [0.1, 0.15) is 0 Å². The van der Waals surface area contributed by atoms with E-state index < -0.39 is 4.92 Å². The molecule has 2 amide bonds. The number of nitrogens with one attached hydrogen (secondary N) is 2. The van der Waals surface area contributed by atoms with Crippen LogP contribution in [-0.4, -0.2) is 32.7 Å². The molecule has 0 aliphatic carbocycles. The number of nitrogens with zero attached hydrogens (tertiary/aromatic N) is 3. The van der Waals surface area contributed by atoms with Gasteiger partial charge in [0.15, 0.2) is 4.34 Å². The lowest BCUT2D eigenvalue weighted by atomic mass is 10.1. The van der Waals surface area contributed by atoms with Gasteiger partial charge in [0, 0.05) is 24.2 Å². The number of carbonyl (C=O) groups is 2. The number of anilines is 2. The highest BCUT2D eigenvalue weighted by molar-refractivity contribution is 8.01. The van der Waals surface area contributed by atoms with Gasteiger partial charge in [0.2, 0.25) is 16.9 Å². The van der Waals surface area contributed by atoms with Crippen LogP contribution in [0.25, 0.3) is 0 Å². The van der Waals surface area contributed by atoms with E-state index >= 15 is 0 Å². The Hall–Kier alpha value is -3.31. The fourth-order valence-corrected chi connectivity index (χ4v) is 3.96. The summed E-state index contributed by atoms with van der Waals surface area (Å²) in [6.07, 6.45) is 0.972. The van der Waals surface area contributed by atoms with Gasteiger partial charge in [-0.05, 0) is 24.1 Å². The fraction of sp³-hybridized carbons (Fsp3) is 0.158. The molecule has 0 fully saturated rings. The van der Waals surface area contributed by atoms with Crippen molar-refractivity contribution in [1.82, 2.24) is 10.2 Å². The van der Waals surface area contributed by atoms with Crippen LogP contribution in [0.4, 0.5) is 16.5 Å². The average molecular weight is 444 g/mol. The largest absolute Gasteiger partial charge is 0.325 e. The van der Waals surface area contributed by atoms with Crippen molar-refractivity contribution in [3.63, 3.8) is 0 Å². The second kappa shape index (κ2) is 10.5. The van der Waals surface area contributed by atoms with Crippen LogP contribution in [-0.2, 0) is 16.0 Å². The van der Waals surface area contributed by atoms with Crippen LogP contribution in [0, 0.1) is 10.1 Å². The van der Waals surface area contributed by atoms with Gasteiger partial charge in [-0.2, -0.15) is 0 Å². The van der Waals surface area contributed by atoms with E-state index in [4.69, 9.17) is 0 Å². The molecule has 0 radical (unpaired) electrons. The van der Waals surface area contributed by atoms with Crippen molar-refractivity contribution in [2.24, 2.45) is 0 Å². The SMILES string of the molecule is O=C(CSc1nnc(NC(=O)CCc2ccccc2)s1)Nc1ccc([N+](=O)[O-])cc1. The monoisotopic (exact) mass is 443 g/mol. The lowest BCUT2D eigenvalue weighted by Crippen LogP contribution is -2.13. The van der Waals surface area contributed by atoms with Crippen LogP contribution in [0.1, 0.15) is 12.0 Å². The highest BCUT2D eigenvalue weighted by Gasteiger charge is 2.11. The van der Waals surface area contributed by atoms with E-state index in [2.05, 4.69) is 20.8 Å². The van der Waals surface area contributed by atoms with Gasteiger partial charge in [-0.25, -0.2) is 0 Å². The molecule has 11 heteroatoms. The fourth-order valence-electron chi connectivity index (χ4n) is 2.39. The number of carbonyl (C=O) groups excluding carboxylic acids is 2. The summed E-state index contributed by atoms with van der Waals surface area (Å²) in [5.74, 6) is -0.340. The third-order valence-corrected chi connectivity index (χ3v) is 5.80. The third-order valence-electron chi connectivity index (χ3n) is 3.82. The van der Waals surface area contributed by atoms with Crippen molar-refractivity contribution >= 4 is 51.4 Å². The summed E-state index contributed by atoms with van der Waals surface area (Å²) in [7, 11) is 0. The zero-order valence-electron chi connectivity index (χ0n) is 15.6. The van der Waals surface area contributed by atoms with Crippen LogP contribution in [0.5, 0.6) is 0 Å². The molecule has 0 aliphatic heterocycles. The van der Waals surface area contributed by atoms with Gasteiger partial charge in [0.05, 0.1) is 10.7 Å². The summed E-state index contributed by atoms with van der Waals surface area (Å²) >= 11 is 2.38. The van der Waals surface area contributed by atoms with Crippen molar-refractivity contribution in [3.8, 4) is 0 Å². The molecule has 1 aromatic heterocycles. The van der Waals surface area contributed by atoms with Crippen LogP contribution in [0.2, 0.25) is 0 Å². The van der Waals surface area contributed by atoms with Gasteiger partial charge in [-0.15, -0.1) is 10.2 Å². The Kier molecular flexibility index (Phi) is 7.46. The van der Waals surface area contributed by atoms with Gasteiger partial charge in [-0.3, -0.25) is 19.7 Å². The minimum absolute atomic E-state index is 0.0467. The van der Waals surface area contributed by atoms with E-state index in [1.807, 2.05) is 30.3 Å². The zero-order chi connectivity index (χ0) is 21.3. The molecule has 0 saturated heterocycles. The Morgan fingerprint density at radius 1 is 1.00 bits per heavy atom. The van der Waals surface area contributed by atoms with Crippen LogP contribution < -0.4 is 10.6 Å². The normalized spacial score (nSPS) is 10.4. The Morgan fingerprint density at radius 3 is 2.43 bits per heavy atom. The maximum absolute atomic E-state index is 12.0. The molecule has 9 nitrogen and oxygen atoms in total. The Labute approximate surface area is 180 Å². The minimum Gasteiger partial charge on any atom is -0.325 e. The maximum Gasteiger partial charge on any atom is 0.269 e. The van der Waals surface area contributed by atoms with Gasteiger partial charge in [0.25, 0.3) is 5.69 Å². The first-order valence-corrected chi connectivity index (χ1v) is 10.6. The number of non-ortho nitro benzene ring substituents is 1. The second-order valence-corrected chi connectivity index (χ2v) is 8.25. The molecule has 3 rings (SSSR count). The number of benzene rings is 2. The standard InChI is InChI=1S/C19H17N5O4S2/c25-16(11-6-13-4-2-1-3-5-13)21-18-22-23-19(30-18)29-12-17(26)20-14-7-9-15(10-8-14)24(27)28/h1-5,7-10H,6,11-12H2,(H,20,26)(H,21,22,25). The van der Waals surface area contributed by atoms with Crippen molar-refractivity contribution in [2.75, 3.05) is 16.4 Å². The Balaban J connectivity index is 1.41. The molecule has 0 unspecified atom stereocenters. The molecule has 0 aliphatic rings. The highest BCUT2D eigenvalue weighted by atomic mass is 32.2. The Morgan fingerprint density at radius 2 is 1.73 bits per heavy atom. The summed E-state index contributed by atoms with van der Waals surface area (Å²) in [4.78, 5) is 34.2. The summed E-state index contributed by atoms with van der Waals surface area (Å²) < 4.78 is 0.548. The first-order valence-electron chi connectivity index (χ1n) is 8.84. The quantitative estimate of drug-likeness (QED) is 0.223. The first kappa shape index (κ1) is 21.4. The summed E-state index contributed by atoms with van der Waals surface area (Å²) in [6, 6.07) is 15.3. The number of amides is 2. The molecule has 1 heterocycles. The van der Waals surface area contributed by atoms with Crippen molar-refractivity contribution in [2.45, 2.75) is 17.2 Å². The number of rotatable bonds is 9. The Bertz CT molecular complexity index is 1020. The first-order chi connectivity index (χ1) is 14.5. The van der Waals surface area contributed by atoms with E-state index in [9.17, 15) is 19.7 Å². The number of thioether (sulfide) groups is 1. The lowest BCUT2D eigenvalue weighted by Gasteiger charge is -2.03. The van der Waals surface area contributed by atoms with Crippen molar-refractivity contribution < 1.29 is 14.5 Å². The average Bonchev–Trinajstić information content (AvgIpc) is 3.19. The number of aryl methyl sites for hydroxylation is 1. The van der Waals surface area contributed by atoms with E-state index in [0.29, 0.717) is 28.0 Å². The molecule has 3 aromatic rings. The molecule has 30 heavy (non-hydrogen) atoms. The molecule has 0 saturated carbocycles. The smallest absolute Gasteiger partial charge is 0.269 e. The second-order valence-electron chi connectivity index (χ2n) is 6.05. The summed E-state index contributed by atoms with van der Waals surface area (Å²) in [5.41, 5.74) is 1.50. The molecule has 154 valence electrons. The van der Waals surface area contributed by atoms with Crippen molar-refractivity contribution in [3.05, 3.63) is 70.3 Å². The topological polar surface area (TPSA) is 127 Å². The van der Waals surface area contributed by atoms with E-state index in [1.165, 1.54) is 47.4 Å². The zero-order valence-corrected chi connectivity index (χ0v) is 17.2. The van der Waals surface area contributed by atoms with Crippen molar-refractivity contribution in [1.29, 1.82) is 0 Å². The third kappa shape index (κ3) is 6.64. The number of aromatic nitrogens is 2. The molecular formula is C19H17N5O4S2. The van der Waals surface area contributed by atoms with Crippen LogP contribution >= 0.6 is 23.1 Å². The number of hydrogen-bond acceptors (Lipinski definition) is 8. The number of hydrogen-bond donors (Lipinski definition) is 2. The number of nitro groups is 1. The molecule has 0 atom stereocenters. The maximum atomic E-state index is 12.0. The van der Waals surface area contributed by atoms with E-state index in [1.54, 1.807) is 0 Å². The lowest BCUT2D eigenvalue weighted by molar-refractivity contribution is -0.384. The molecular weight excluding hydrogens is 426 g/mol. The predicted molar refractivity (Wildman–Crippen MR) is 116 cm³/mol. The highest BCUT2D eigenvalue weighted by Crippen LogP contribution is 2.26. The predicted octanol–water partition coefficient (Wildman–Crippen LogP) is 3.75. The molecule has 0 bridgehead atoms. The van der Waals surface area contributed by atoms with Crippen LogP contribution in [0.3, 0.4) is 0 Å². The van der Waals surface area contributed by atoms with Gasteiger partial charge < -0.3 is 10.6 Å². The molecule has 0 spiro atoms. The number of nitro benzene ring substituents is 1. The molecule has 2 aromatic carbocycles. The molecule has 2 N–H and O–H groups in total. The summed E-state index contributed by atoms with van der Waals surface area (Å²) in [5, 5.41) is 24.3.